The normalized spacial score (nSPS) is 13.8. The van der Waals surface area contributed by atoms with Crippen LogP contribution in [0.15, 0.2) is 72.8 Å². The van der Waals surface area contributed by atoms with Crippen molar-refractivity contribution in [2.45, 2.75) is 6.04 Å². The van der Waals surface area contributed by atoms with Gasteiger partial charge in [-0.2, -0.15) is 0 Å². The lowest BCUT2D eigenvalue weighted by molar-refractivity contribution is -0.897. The third-order valence-corrected chi connectivity index (χ3v) is 5.24. The number of amides is 1. The predicted molar refractivity (Wildman–Crippen MR) is 106 cm³/mol. The molecule has 1 amide bonds. The zero-order valence-electron chi connectivity index (χ0n) is 14.5. The van der Waals surface area contributed by atoms with Crippen molar-refractivity contribution in [1.29, 1.82) is 0 Å². The summed E-state index contributed by atoms with van der Waals surface area (Å²) >= 11 is 6.14. The number of carbonyl (C=O) groups is 1. The number of carbonyl (C=O) groups excluding carboxylic acids is 1. The van der Waals surface area contributed by atoms with Crippen LogP contribution in [0.4, 0.5) is 5.69 Å². The van der Waals surface area contributed by atoms with Crippen LogP contribution in [0, 0.1) is 0 Å². The molecule has 3 aromatic carbocycles. The third kappa shape index (κ3) is 3.00. The van der Waals surface area contributed by atoms with Crippen molar-refractivity contribution in [3.8, 4) is 11.1 Å². The van der Waals surface area contributed by atoms with Crippen LogP contribution < -0.4 is 10.2 Å². The average Bonchev–Trinajstić information content (AvgIpc) is 2.98. The Hall–Kier alpha value is -2.62. The maximum absolute atomic E-state index is 12.6. The number of quaternary nitrogens is 1. The van der Waals surface area contributed by atoms with E-state index in [0.717, 1.165) is 4.90 Å². The van der Waals surface area contributed by atoms with Gasteiger partial charge in [0.1, 0.15) is 6.04 Å². The molecule has 0 saturated carbocycles. The number of likely N-dealkylation sites (N-methyl/N-ethyl adjacent to an activating group) is 1. The van der Waals surface area contributed by atoms with E-state index < -0.39 is 0 Å². The fraction of sp³-hybridized carbons (Fsp3) is 0.136. The maximum atomic E-state index is 12.6. The van der Waals surface area contributed by atoms with E-state index in [0.29, 0.717) is 17.3 Å². The molecule has 2 N–H and O–H groups in total. The van der Waals surface area contributed by atoms with E-state index in [9.17, 15) is 4.79 Å². The van der Waals surface area contributed by atoms with Gasteiger partial charge in [-0.25, -0.2) is 0 Å². The van der Waals surface area contributed by atoms with Gasteiger partial charge < -0.3 is 10.2 Å². The Morgan fingerprint density at radius 2 is 1.46 bits per heavy atom. The third-order valence-electron chi connectivity index (χ3n) is 4.91. The maximum Gasteiger partial charge on any atom is 0.279 e. The van der Waals surface area contributed by atoms with E-state index in [1.165, 1.54) is 22.3 Å². The minimum absolute atomic E-state index is 0.0440. The van der Waals surface area contributed by atoms with Gasteiger partial charge in [0.05, 0.1) is 17.8 Å². The van der Waals surface area contributed by atoms with Crippen LogP contribution in [0.25, 0.3) is 11.1 Å². The molecular weight excluding hydrogens is 344 g/mol. The zero-order valence-corrected chi connectivity index (χ0v) is 15.3. The summed E-state index contributed by atoms with van der Waals surface area (Å²) in [7, 11) is 2.07. The van der Waals surface area contributed by atoms with E-state index in [-0.39, 0.29) is 11.9 Å². The van der Waals surface area contributed by atoms with Gasteiger partial charge in [-0.15, -0.1) is 0 Å². The van der Waals surface area contributed by atoms with Crippen molar-refractivity contribution in [2.75, 3.05) is 18.9 Å². The number of anilines is 1. The molecule has 0 bridgehead atoms. The van der Waals surface area contributed by atoms with E-state index >= 15 is 0 Å². The van der Waals surface area contributed by atoms with Crippen molar-refractivity contribution in [2.24, 2.45) is 0 Å². The second-order valence-electron chi connectivity index (χ2n) is 6.66. The van der Waals surface area contributed by atoms with E-state index in [1.54, 1.807) is 6.07 Å². The molecule has 1 atom stereocenters. The van der Waals surface area contributed by atoms with Crippen LogP contribution in [0.3, 0.4) is 0 Å². The van der Waals surface area contributed by atoms with E-state index in [1.807, 2.05) is 18.2 Å². The second kappa shape index (κ2) is 6.94. The fourth-order valence-electron chi connectivity index (χ4n) is 3.80. The number of halogens is 1. The first kappa shape index (κ1) is 16.8. The molecule has 3 aromatic rings. The van der Waals surface area contributed by atoms with Gasteiger partial charge in [-0.3, -0.25) is 4.79 Å². The van der Waals surface area contributed by atoms with Gasteiger partial charge in [0.2, 0.25) is 0 Å². The smallest absolute Gasteiger partial charge is 0.279 e. The Morgan fingerprint density at radius 3 is 2.08 bits per heavy atom. The number of hydrogen-bond donors (Lipinski definition) is 2. The minimum atomic E-state index is -0.0440. The first-order valence-corrected chi connectivity index (χ1v) is 9.08. The molecule has 0 spiro atoms. The highest BCUT2D eigenvalue weighted by Gasteiger charge is 2.34. The lowest BCUT2D eigenvalue weighted by Crippen LogP contribution is -3.10. The predicted octanol–water partition coefficient (Wildman–Crippen LogP) is 3.56. The van der Waals surface area contributed by atoms with Crippen molar-refractivity contribution in [1.82, 2.24) is 0 Å². The number of nitrogens with one attached hydrogen (secondary N) is 2. The molecule has 1 aliphatic carbocycles. The van der Waals surface area contributed by atoms with Crippen molar-refractivity contribution < 1.29 is 9.69 Å². The van der Waals surface area contributed by atoms with Crippen LogP contribution in [-0.2, 0) is 4.79 Å². The molecule has 0 aliphatic heterocycles. The van der Waals surface area contributed by atoms with E-state index in [4.69, 9.17) is 11.6 Å². The molecular formula is C22H20ClN2O+. The number of fused-ring (bicyclic) bond motifs is 3. The fourth-order valence-corrected chi connectivity index (χ4v) is 3.98. The average molecular weight is 364 g/mol. The first-order valence-electron chi connectivity index (χ1n) is 8.70. The quantitative estimate of drug-likeness (QED) is 0.730. The van der Waals surface area contributed by atoms with Gasteiger partial charge >= 0.3 is 0 Å². The summed E-state index contributed by atoms with van der Waals surface area (Å²) in [6, 6.07) is 24.4. The molecule has 4 heteroatoms. The molecule has 0 aromatic heterocycles. The Balaban J connectivity index is 1.58. The topological polar surface area (TPSA) is 33.5 Å². The number of para-hydroxylation sites is 1. The molecule has 0 heterocycles. The Bertz CT molecular complexity index is 924. The lowest BCUT2D eigenvalue weighted by Gasteiger charge is -2.23. The highest BCUT2D eigenvalue weighted by molar-refractivity contribution is 6.33. The molecule has 130 valence electrons. The minimum Gasteiger partial charge on any atom is -0.320 e. The van der Waals surface area contributed by atoms with Crippen molar-refractivity contribution >= 4 is 23.2 Å². The van der Waals surface area contributed by atoms with Gasteiger partial charge in [0.15, 0.2) is 6.54 Å². The summed E-state index contributed by atoms with van der Waals surface area (Å²) in [5, 5.41) is 3.47. The van der Waals surface area contributed by atoms with Gasteiger partial charge in [0, 0.05) is 11.1 Å². The Labute approximate surface area is 158 Å². The number of rotatable bonds is 4. The molecule has 4 rings (SSSR count). The lowest BCUT2D eigenvalue weighted by atomic mass is 10.0. The SMILES string of the molecule is C[NH+](CC(=O)Nc1ccccc1Cl)C1c2ccccc2-c2ccccc21. The van der Waals surface area contributed by atoms with Crippen molar-refractivity contribution in [3.63, 3.8) is 0 Å². The Morgan fingerprint density at radius 1 is 0.923 bits per heavy atom. The molecule has 0 radical (unpaired) electrons. The number of hydrogen-bond acceptors (Lipinski definition) is 1. The van der Waals surface area contributed by atoms with E-state index in [2.05, 4.69) is 60.9 Å². The molecule has 3 nitrogen and oxygen atoms in total. The molecule has 1 unspecified atom stereocenters. The van der Waals surface area contributed by atoms with Gasteiger partial charge in [0.25, 0.3) is 5.91 Å². The van der Waals surface area contributed by atoms with Crippen molar-refractivity contribution in [3.05, 3.63) is 88.9 Å². The van der Waals surface area contributed by atoms with Crippen LogP contribution in [0.1, 0.15) is 17.2 Å². The number of benzene rings is 3. The standard InChI is InChI=1S/C22H19ClN2O/c1-25(14-21(26)24-20-13-7-6-12-19(20)23)22-17-10-4-2-8-15(17)16-9-3-5-11-18(16)22/h2-13,22H,14H2,1H3,(H,24,26)/p+1. The second-order valence-corrected chi connectivity index (χ2v) is 7.07. The first-order chi connectivity index (χ1) is 12.6. The van der Waals surface area contributed by atoms with Gasteiger partial charge in [-0.1, -0.05) is 72.3 Å². The molecule has 0 saturated heterocycles. The summed E-state index contributed by atoms with van der Waals surface area (Å²) in [4.78, 5) is 13.7. The summed E-state index contributed by atoms with van der Waals surface area (Å²) in [5.41, 5.74) is 5.73. The molecule has 1 aliphatic rings. The molecule has 0 fully saturated rings. The summed E-state index contributed by atoms with van der Waals surface area (Å²) in [6.45, 7) is 0.360. The monoisotopic (exact) mass is 363 g/mol. The molecule has 26 heavy (non-hydrogen) atoms. The largest absolute Gasteiger partial charge is 0.320 e. The van der Waals surface area contributed by atoms with Crippen LogP contribution >= 0.6 is 11.6 Å². The Kier molecular flexibility index (Phi) is 4.49. The summed E-state index contributed by atoms with van der Waals surface area (Å²) in [5.74, 6) is -0.0440. The summed E-state index contributed by atoms with van der Waals surface area (Å²) < 4.78 is 0. The highest BCUT2D eigenvalue weighted by atomic mass is 35.5. The van der Waals surface area contributed by atoms with Crippen LogP contribution in [0.5, 0.6) is 0 Å². The highest BCUT2D eigenvalue weighted by Crippen LogP contribution is 2.41. The van der Waals surface area contributed by atoms with Crippen LogP contribution in [-0.4, -0.2) is 19.5 Å². The zero-order chi connectivity index (χ0) is 18.1. The van der Waals surface area contributed by atoms with Crippen LogP contribution in [0.2, 0.25) is 5.02 Å². The van der Waals surface area contributed by atoms with Gasteiger partial charge in [-0.05, 0) is 23.3 Å². The summed E-state index contributed by atoms with van der Waals surface area (Å²) in [6.07, 6.45) is 0.